The van der Waals surface area contributed by atoms with Crippen molar-refractivity contribution in [3.63, 3.8) is 0 Å². The summed E-state index contributed by atoms with van der Waals surface area (Å²) in [5, 5.41) is 9.38. The normalized spacial score (nSPS) is 22.2. The van der Waals surface area contributed by atoms with E-state index in [1.165, 1.54) is 0 Å². The first-order valence-electron chi connectivity index (χ1n) is 6.79. The van der Waals surface area contributed by atoms with Crippen LogP contribution in [-0.4, -0.2) is 48.0 Å². The van der Waals surface area contributed by atoms with E-state index in [2.05, 4.69) is 32.8 Å². The molecule has 5 nitrogen and oxygen atoms in total. The first-order valence-corrected chi connectivity index (χ1v) is 7.67. The van der Waals surface area contributed by atoms with E-state index in [9.17, 15) is 4.79 Å². The number of rotatable bonds is 4. The SMILES string of the molecule is CCNC(=O)C1CNCCN1C(C)c1csc(C)n1. The van der Waals surface area contributed by atoms with E-state index in [1.807, 2.05) is 13.8 Å². The molecule has 1 aliphatic heterocycles. The number of aryl methyl sites for hydroxylation is 1. The zero-order valence-corrected chi connectivity index (χ0v) is 12.6. The van der Waals surface area contributed by atoms with Crippen molar-refractivity contribution in [2.75, 3.05) is 26.2 Å². The molecule has 1 aliphatic rings. The van der Waals surface area contributed by atoms with Gasteiger partial charge in [0.15, 0.2) is 0 Å². The van der Waals surface area contributed by atoms with Gasteiger partial charge in [-0.2, -0.15) is 0 Å². The molecule has 0 radical (unpaired) electrons. The van der Waals surface area contributed by atoms with Gasteiger partial charge in [0, 0.05) is 31.6 Å². The van der Waals surface area contributed by atoms with E-state index in [0.717, 1.165) is 23.8 Å². The van der Waals surface area contributed by atoms with Crippen molar-refractivity contribution in [2.45, 2.75) is 32.9 Å². The van der Waals surface area contributed by atoms with E-state index in [-0.39, 0.29) is 18.0 Å². The summed E-state index contributed by atoms with van der Waals surface area (Å²) in [5.74, 6) is 0.105. The van der Waals surface area contributed by atoms with Crippen LogP contribution in [0.25, 0.3) is 0 Å². The molecule has 106 valence electrons. The number of amides is 1. The zero-order chi connectivity index (χ0) is 13.8. The van der Waals surface area contributed by atoms with E-state index >= 15 is 0 Å². The van der Waals surface area contributed by atoms with Gasteiger partial charge >= 0.3 is 0 Å². The average Bonchev–Trinajstić information content (AvgIpc) is 2.85. The van der Waals surface area contributed by atoms with Crippen molar-refractivity contribution in [3.8, 4) is 0 Å². The quantitative estimate of drug-likeness (QED) is 0.862. The number of piperazine rings is 1. The number of aromatic nitrogens is 1. The fraction of sp³-hybridized carbons (Fsp3) is 0.692. The summed E-state index contributed by atoms with van der Waals surface area (Å²) in [6, 6.07) is 0.0744. The minimum atomic E-state index is -0.106. The van der Waals surface area contributed by atoms with Crippen LogP contribution in [0.15, 0.2) is 5.38 Å². The second-order valence-electron chi connectivity index (χ2n) is 4.82. The smallest absolute Gasteiger partial charge is 0.238 e. The second kappa shape index (κ2) is 6.45. The molecular formula is C13H22N4OS. The number of hydrogen-bond donors (Lipinski definition) is 2. The molecule has 2 rings (SSSR count). The molecule has 2 heterocycles. The van der Waals surface area contributed by atoms with E-state index in [0.29, 0.717) is 13.1 Å². The minimum absolute atomic E-state index is 0.105. The summed E-state index contributed by atoms with van der Waals surface area (Å²) in [6.07, 6.45) is 0. The van der Waals surface area contributed by atoms with Crippen molar-refractivity contribution in [3.05, 3.63) is 16.1 Å². The Labute approximate surface area is 118 Å². The van der Waals surface area contributed by atoms with Crippen molar-refractivity contribution < 1.29 is 4.79 Å². The van der Waals surface area contributed by atoms with Crippen LogP contribution in [0.5, 0.6) is 0 Å². The molecule has 6 heteroatoms. The molecule has 0 spiro atoms. The molecule has 1 aromatic rings. The van der Waals surface area contributed by atoms with Crippen LogP contribution < -0.4 is 10.6 Å². The molecule has 1 aromatic heterocycles. The summed E-state index contributed by atoms with van der Waals surface area (Å²) in [4.78, 5) is 18.9. The summed E-state index contributed by atoms with van der Waals surface area (Å²) >= 11 is 1.66. The number of nitrogens with zero attached hydrogens (tertiary/aromatic N) is 2. The van der Waals surface area contributed by atoms with Crippen LogP contribution in [0.2, 0.25) is 0 Å². The van der Waals surface area contributed by atoms with Gasteiger partial charge in [0.05, 0.1) is 16.7 Å². The average molecular weight is 282 g/mol. The van der Waals surface area contributed by atoms with Crippen molar-refractivity contribution in [2.24, 2.45) is 0 Å². The van der Waals surface area contributed by atoms with Crippen LogP contribution in [0, 0.1) is 6.92 Å². The monoisotopic (exact) mass is 282 g/mol. The van der Waals surface area contributed by atoms with Gasteiger partial charge in [-0.25, -0.2) is 4.98 Å². The Morgan fingerprint density at radius 2 is 2.53 bits per heavy atom. The Morgan fingerprint density at radius 1 is 1.74 bits per heavy atom. The fourth-order valence-corrected chi connectivity index (χ4v) is 3.16. The lowest BCUT2D eigenvalue weighted by molar-refractivity contribution is -0.128. The molecule has 0 aromatic carbocycles. The Kier molecular flexibility index (Phi) is 4.90. The van der Waals surface area contributed by atoms with Crippen molar-refractivity contribution in [1.29, 1.82) is 0 Å². The Bertz CT molecular complexity index is 434. The molecular weight excluding hydrogens is 260 g/mol. The third-order valence-electron chi connectivity index (χ3n) is 3.50. The lowest BCUT2D eigenvalue weighted by Crippen LogP contribution is -2.58. The molecule has 19 heavy (non-hydrogen) atoms. The first-order chi connectivity index (χ1) is 9.13. The highest BCUT2D eigenvalue weighted by molar-refractivity contribution is 7.09. The van der Waals surface area contributed by atoms with Crippen molar-refractivity contribution in [1.82, 2.24) is 20.5 Å². The summed E-state index contributed by atoms with van der Waals surface area (Å²) in [6.45, 7) is 9.27. The van der Waals surface area contributed by atoms with E-state index in [1.54, 1.807) is 11.3 Å². The van der Waals surface area contributed by atoms with Crippen molar-refractivity contribution >= 4 is 17.2 Å². The van der Waals surface area contributed by atoms with Gasteiger partial charge in [0.1, 0.15) is 6.04 Å². The molecule has 2 atom stereocenters. The maximum Gasteiger partial charge on any atom is 0.238 e. The van der Waals surface area contributed by atoms with Gasteiger partial charge in [0.25, 0.3) is 0 Å². The number of thiazole rings is 1. The standard InChI is InChI=1S/C13H22N4OS/c1-4-15-13(18)12-7-14-5-6-17(12)9(2)11-8-19-10(3)16-11/h8-9,12,14H,4-7H2,1-3H3,(H,15,18). The molecule has 1 saturated heterocycles. The maximum absolute atomic E-state index is 12.1. The summed E-state index contributed by atoms with van der Waals surface area (Å²) < 4.78 is 0. The second-order valence-corrected chi connectivity index (χ2v) is 5.88. The maximum atomic E-state index is 12.1. The van der Waals surface area contributed by atoms with Gasteiger partial charge in [-0.15, -0.1) is 11.3 Å². The van der Waals surface area contributed by atoms with Gasteiger partial charge in [0.2, 0.25) is 5.91 Å². The van der Waals surface area contributed by atoms with Gasteiger partial charge in [-0.1, -0.05) is 0 Å². The Hall–Kier alpha value is -0.980. The predicted octanol–water partition coefficient (Wildman–Crippen LogP) is 0.922. The highest BCUT2D eigenvalue weighted by Crippen LogP contribution is 2.24. The Morgan fingerprint density at radius 3 is 3.16 bits per heavy atom. The molecule has 2 unspecified atom stereocenters. The topological polar surface area (TPSA) is 57.3 Å². The third kappa shape index (κ3) is 3.32. The molecule has 0 bridgehead atoms. The summed E-state index contributed by atoms with van der Waals surface area (Å²) in [5.41, 5.74) is 1.07. The highest BCUT2D eigenvalue weighted by Gasteiger charge is 2.32. The first kappa shape index (κ1) is 14.4. The lowest BCUT2D eigenvalue weighted by Gasteiger charge is -2.38. The third-order valence-corrected chi connectivity index (χ3v) is 4.29. The number of nitrogens with one attached hydrogen (secondary N) is 2. The van der Waals surface area contributed by atoms with Gasteiger partial charge in [-0.05, 0) is 20.8 Å². The number of carbonyl (C=O) groups is 1. The zero-order valence-electron chi connectivity index (χ0n) is 11.8. The summed E-state index contributed by atoms with van der Waals surface area (Å²) in [7, 11) is 0. The molecule has 0 aliphatic carbocycles. The minimum Gasteiger partial charge on any atom is -0.355 e. The molecule has 0 saturated carbocycles. The molecule has 1 amide bonds. The fourth-order valence-electron chi connectivity index (χ4n) is 2.46. The van der Waals surface area contributed by atoms with Crippen LogP contribution in [0.3, 0.4) is 0 Å². The number of likely N-dealkylation sites (N-methyl/N-ethyl adjacent to an activating group) is 1. The van der Waals surface area contributed by atoms with E-state index in [4.69, 9.17) is 0 Å². The van der Waals surface area contributed by atoms with Gasteiger partial charge < -0.3 is 10.6 Å². The van der Waals surface area contributed by atoms with Crippen LogP contribution in [0.1, 0.15) is 30.6 Å². The lowest BCUT2D eigenvalue weighted by atomic mass is 10.1. The predicted molar refractivity (Wildman–Crippen MR) is 77.3 cm³/mol. The molecule has 2 N–H and O–H groups in total. The van der Waals surface area contributed by atoms with E-state index < -0.39 is 0 Å². The van der Waals surface area contributed by atoms with Crippen LogP contribution >= 0.6 is 11.3 Å². The Balaban J connectivity index is 2.12. The number of carbonyl (C=O) groups excluding carboxylic acids is 1. The van der Waals surface area contributed by atoms with Crippen LogP contribution in [0.4, 0.5) is 0 Å². The largest absolute Gasteiger partial charge is 0.355 e. The van der Waals surface area contributed by atoms with Gasteiger partial charge in [-0.3, -0.25) is 9.69 Å². The molecule has 1 fully saturated rings. The highest BCUT2D eigenvalue weighted by atomic mass is 32.1. The van der Waals surface area contributed by atoms with Crippen LogP contribution in [-0.2, 0) is 4.79 Å². The number of hydrogen-bond acceptors (Lipinski definition) is 5.